The fraction of sp³-hybridized carbons (Fsp3) is 0.0625. The molecule has 0 saturated heterocycles. The van der Waals surface area contributed by atoms with E-state index in [9.17, 15) is 14.9 Å². The molecule has 1 heterocycles. The Morgan fingerprint density at radius 3 is 2.74 bits per heavy atom. The first-order valence-corrected chi connectivity index (χ1v) is 8.02. The first-order valence-electron chi connectivity index (χ1n) is 6.35. The van der Waals surface area contributed by atoms with Crippen LogP contribution in [0, 0.1) is 11.3 Å². The van der Waals surface area contributed by atoms with Gasteiger partial charge in [-0.15, -0.1) is 11.3 Å². The summed E-state index contributed by atoms with van der Waals surface area (Å²) in [5.74, 6) is -1.04. The summed E-state index contributed by atoms with van der Waals surface area (Å²) in [4.78, 5) is 23.2. The maximum absolute atomic E-state index is 12.2. The van der Waals surface area contributed by atoms with Gasteiger partial charge in [-0.3, -0.25) is 4.79 Å². The Hall–Kier alpha value is -2.43. The molecule has 0 bridgehead atoms. The van der Waals surface area contributed by atoms with Crippen molar-refractivity contribution in [2.24, 2.45) is 0 Å². The van der Waals surface area contributed by atoms with Crippen LogP contribution in [0.2, 0.25) is 0 Å². The highest BCUT2D eigenvalue weighted by atomic mass is 79.9. The molecule has 116 valence electrons. The van der Waals surface area contributed by atoms with Crippen LogP contribution in [-0.4, -0.2) is 23.5 Å². The highest BCUT2D eigenvalue weighted by molar-refractivity contribution is 9.10. The number of carboxylic acids is 1. The molecule has 0 fully saturated rings. The number of ketones is 1. The number of carboxylic acid groups (broad SMARTS) is 1. The van der Waals surface area contributed by atoms with Crippen LogP contribution >= 0.6 is 27.3 Å². The largest absolute Gasteiger partial charge is 0.481 e. The summed E-state index contributed by atoms with van der Waals surface area (Å²) in [6, 6.07) is 10.2. The van der Waals surface area contributed by atoms with Crippen molar-refractivity contribution < 1.29 is 19.4 Å². The van der Waals surface area contributed by atoms with Crippen molar-refractivity contribution in [3.63, 3.8) is 0 Å². The monoisotopic (exact) mass is 391 g/mol. The zero-order chi connectivity index (χ0) is 16.8. The molecule has 0 spiro atoms. The van der Waals surface area contributed by atoms with E-state index in [0.717, 1.165) is 0 Å². The Morgan fingerprint density at radius 2 is 2.17 bits per heavy atom. The van der Waals surface area contributed by atoms with Crippen LogP contribution in [0.4, 0.5) is 0 Å². The number of halogens is 1. The van der Waals surface area contributed by atoms with Gasteiger partial charge in [0.1, 0.15) is 17.4 Å². The number of benzene rings is 1. The van der Waals surface area contributed by atoms with E-state index >= 15 is 0 Å². The fourth-order valence-electron chi connectivity index (χ4n) is 1.72. The SMILES string of the molecule is N#CC(=Cc1ccc(OCC(=O)O)c(Br)c1)C(=O)c1cccs1. The summed E-state index contributed by atoms with van der Waals surface area (Å²) in [7, 11) is 0. The molecule has 1 aromatic heterocycles. The normalized spacial score (nSPS) is 10.9. The van der Waals surface area contributed by atoms with Crippen LogP contribution in [-0.2, 0) is 4.79 Å². The number of ether oxygens (including phenoxy) is 1. The number of nitrogens with zero attached hydrogens (tertiary/aromatic N) is 1. The molecule has 23 heavy (non-hydrogen) atoms. The third kappa shape index (κ3) is 4.52. The molecular weight excluding hydrogens is 382 g/mol. The van der Waals surface area contributed by atoms with Gasteiger partial charge in [-0.1, -0.05) is 12.1 Å². The van der Waals surface area contributed by atoms with E-state index in [1.54, 1.807) is 35.7 Å². The van der Waals surface area contributed by atoms with Gasteiger partial charge >= 0.3 is 5.97 Å². The topological polar surface area (TPSA) is 87.4 Å². The van der Waals surface area contributed by atoms with Gasteiger partial charge in [-0.25, -0.2) is 4.79 Å². The summed E-state index contributed by atoms with van der Waals surface area (Å²) < 4.78 is 5.63. The van der Waals surface area contributed by atoms with E-state index in [0.29, 0.717) is 20.7 Å². The van der Waals surface area contributed by atoms with E-state index in [-0.39, 0.29) is 11.4 Å². The minimum Gasteiger partial charge on any atom is -0.481 e. The minimum atomic E-state index is -1.07. The maximum Gasteiger partial charge on any atom is 0.341 e. The molecule has 2 aromatic rings. The summed E-state index contributed by atoms with van der Waals surface area (Å²) >= 11 is 4.55. The predicted molar refractivity (Wildman–Crippen MR) is 89.5 cm³/mol. The molecule has 0 unspecified atom stereocenters. The molecule has 7 heteroatoms. The van der Waals surface area contributed by atoms with Crippen molar-refractivity contribution >= 4 is 45.1 Å². The number of hydrogen-bond acceptors (Lipinski definition) is 5. The van der Waals surface area contributed by atoms with Crippen molar-refractivity contribution in [3.05, 3.63) is 56.2 Å². The van der Waals surface area contributed by atoms with Gasteiger partial charge in [-0.05, 0) is 51.1 Å². The zero-order valence-electron chi connectivity index (χ0n) is 11.7. The second kappa shape index (κ2) is 7.72. The first-order chi connectivity index (χ1) is 11.0. The number of nitriles is 1. The zero-order valence-corrected chi connectivity index (χ0v) is 14.1. The third-order valence-corrected chi connectivity index (χ3v) is 4.22. The first kappa shape index (κ1) is 16.9. The van der Waals surface area contributed by atoms with Gasteiger partial charge in [0.2, 0.25) is 5.78 Å². The molecule has 0 radical (unpaired) electrons. The Balaban J connectivity index is 2.24. The van der Waals surface area contributed by atoms with Gasteiger partial charge < -0.3 is 9.84 Å². The summed E-state index contributed by atoms with van der Waals surface area (Å²) in [6.45, 7) is -0.450. The quantitative estimate of drug-likeness (QED) is 0.460. The maximum atomic E-state index is 12.2. The molecule has 1 N–H and O–H groups in total. The standard InChI is InChI=1S/C16H10BrNO4S/c17-12-7-10(3-4-13(12)22-9-15(19)20)6-11(8-18)16(21)14-2-1-5-23-14/h1-7H,9H2,(H,19,20). The van der Waals surface area contributed by atoms with Crippen molar-refractivity contribution in [1.82, 2.24) is 0 Å². The van der Waals surface area contributed by atoms with Crippen molar-refractivity contribution in [1.29, 1.82) is 5.26 Å². The summed E-state index contributed by atoms with van der Waals surface area (Å²) in [6.07, 6.45) is 1.48. The number of carbonyl (C=O) groups is 2. The molecule has 0 saturated carbocycles. The van der Waals surface area contributed by atoms with E-state index in [1.165, 1.54) is 17.4 Å². The summed E-state index contributed by atoms with van der Waals surface area (Å²) in [5, 5.41) is 19.6. The molecular formula is C16H10BrNO4S. The van der Waals surface area contributed by atoms with Crippen molar-refractivity contribution in [3.8, 4) is 11.8 Å². The Kier molecular flexibility index (Phi) is 5.68. The van der Waals surface area contributed by atoms with E-state index < -0.39 is 12.6 Å². The molecule has 1 aromatic carbocycles. The number of rotatable bonds is 6. The highest BCUT2D eigenvalue weighted by Crippen LogP contribution is 2.27. The molecule has 0 amide bonds. The van der Waals surface area contributed by atoms with Crippen molar-refractivity contribution in [2.75, 3.05) is 6.61 Å². The second-order valence-electron chi connectivity index (χ2n) is 4.35. The average Bonchev–Trinajstić information content (AvgIpc) is 3.05. The lowest BCUT2D eigenvalue weighted by Gasteiger charge is -2.06. The molecule has 0 atom stereocenters. The number of aliphatic carboxylic acids is 1. The Morgan fingerprint density at radius 1 is 1.39 bits per heavy atom. The van der Waals surface area contributed by atoms with Crippen molar-refractivity contribution in [2.45, 2.75) is 0 Å². The summed E-state index contributed by atoms with van der Waals surface area (Å²) in [5.41, 5.74) is 0.652. The fourth-order valence-corrected chi connectivity index (χ4v) is 2.91. The minimum absolute atomic E-state index is 0.0264. The smallest absolute Gasteiger partial charge is 0.341 e. The van der Waals surface area contributed by atoms with Gasteiger partial charge in [0, 0.05) is 0 Å². The molecule has 0 aliphatic rings. The number of Topliss-reactive ketones (excluding diaryl/α,β-unsaturated/α-hetero) is 1. The lowest BCUT2D eigenvalue weighted by Crippen LogP contribution is -2.09. The lowest BCUT2D eigenvalue weighted by atomic mass is 10.1. The van der Waals surface area contributed by atoms with Gasteiger partial charge in [0.05, 0.1) is 9.35 Å². The average molecular weight is 392 g/mol. The van der Waals surface area contributed by atoms with Gasteiger partial charge in [0.15, 0.2) is 6.61 Å². The number of allylic oxidation sites excluding steroid dienone is 1. The van der Waals surface area contributed by atoms with E-state index in [1.807, 2.05) is 6.07 Å². The second-order valence-corrected chi connectivity index (χ2v) is 6.15. The third-order valence-electron chi connectivity index (χ3n) is 2.73. The number of carbonyl (C=O) groups excluding carboxylic acids is 1. The van der Waals surface area contributed by atoms with Crippen LogP contribution in [0.5, 0.6) is 5.75 Å². The molecule has 5 nitrogen and oxygen atoms in total. The van der Waals surface area contributed by atoms with Crippen LogP contribution in [0.25, 0.3) is 6.08 Å². The predicted octanol–water partition coefficient (Wildman–Crippen LogP) is 3.76. The van der Waals surface area contributed by atoms with Crippen LogP contribution in [0.15, 0.2) is 45.8 Å². The molecule has 0 aliphatic carbocycles. The van der Waals surface area contributed by atoms with Gasteiger partial charge in [-0.2, -0.15) is 5.26 Å². The van der Waals surface area contributed by atoms with Crippen LogP contribution < -0.4 is 4.74 Å². The van der Waals surface area contributed by atoms with Crippen LogP contribution in [0.3, 0.4) is 0 Å². The Bertz CT molecular complexity index is 806. The number of hydrogen-bond donors (Lipinski definition) is 1. The van der Waals surface area contributed by atoms with E-state index in [2.05, 4.69) is 15.9 Å². The molecule has 0 aliphatic heterocycles. The lowest BCUT2D eigenvalue weighted by molar-refractivity contribution is -0.139. The molecule has 2 rings (SSSR count). The van der Waals surface area contributed by atoms with Gasteiger partial charge in [0.25, 0.3) is 0 Å². The number of thiophene rings is 1. The Labute approximate surface area is 144 Å². The highest BCUT2D eigenvalue weighted by Gasteiger charge is 2.13. The van der Waals surface area contributed by atoms with E-state index in [4.69, 9.17) is 9.84 Å². The van der Waals surface area contributed by atoms with Crippen LogP contribution in [0.1, 0.15) is 15.2 Å².